The van der Waals surface area contributed by atoms with Gasteiger partial charge in [0.05, 0.1) is 19.9 Å². The minimum Gasteiger partial charge on any atom is -0.491 e. The molecule has 1 saturated carbocycles. The molecule has 124 valence electrons. The molecule has 6 nitrogen and oxygen atoms in total. The largest absolute Gasteiger partial charge is 0.491 e. The number of carbonyl (C=O) groups is 1. The second-order valence-corrected chi connectivity index (χ2v) is 6.33. The lowest BCUT2D eigenvalue weighted by Crippen LogP contribution is -2.34. The zero-order valence-corrected chi connectivity index (χ0v) is 13.2. The van der Waals surface area contributed by atoms with E-state index in [1.165, 1.54) is 25.8 Å². The molecule has 2 bridgehead atoms. The minimum absolute atomic E-state index is 0.0587. The summed E-state index contributed by atoms with van der Waals surface area (Å²) in [5.74, 6) is 1.84. The van der Waals surface area contributed by atoms with Crippen LogP contribution in [0.4, 0.5) is 0 Å². The number of carbonyl (C=O) groups excluding carboxylic acids is 1. The summed E-state index contributed by atoms with van der Waals surface area (Å²) in [5.41, 5.74) is 0.0933. The summed E-state index contributed by atoms with van der Waals surface area (Å²) >= 11 is 0. The monoisotopic (exact) mass is 318 g/mol. The van der Waals surface area contributed by atoms with Crippen molar-refractivity contribution >= 4 is 5.91 Å². The molecule has 0 aliphatic heterocycles. The van der Waals surface area contributed by atoms with Gasteiger partial charge in [0.1, 0.15) is 6.54 Å². The van der Waals surface area contributed by atoms with E-state index in [4.69, 9.17) is 4.74 Å². The van der Waals surface area contributed by atoms with E-state index in [9.17, 15) is 14.7 Å². The molecule has 3 atom stereocenters. The van der Waals surface area contributed by atoms with E-state index in [0.717, 1.165) is 6.42 Å². The van der Waals surface area contributed by atoms with E-state index in [-0.39, 0.29) is 30.2 Å². The summed E-state index contributed by atoms with van der Waals surface area (Å²) in [7, 11) is 1.41. The Kier molecular flexibility index (Phi) is 4.52. The van der Waals surface area contributed by atoms with Crippen LogP contribution in [0, 0.1) is 17.8 Å². The molecule has 1 aromatic rings. The van der Waals surface area contributed by atoms with Gasteiger partial charge in [0.25, 0.3) is 0 Å². The third-order valence-electron chi connectivity index (χ3n) is 4.86. The molecule has 23 heavy (non-hydrogen) atoms. The minimum atomic E-state index is -0.304. The van der Waals surface area contributed by atoms with E-state index >= 15 is 0 Å². The van der Waals surface area contributed by atoms with Gasteiger partial charge in [0.2, 0.25) is 11.3 Å². The molecule has 2 aliphatic rings. The van der Waals surface area contributed by atoms with Crippen molar-refractivity contribution in [2.45, 2.75) is 26.0 Å². The van der Waals surface area contributed by atoms with E-state index in [0.29, 0.717) is 30.0 Å². The number of aromatic nitrogens is 1. The molecule has 2 aliphatic carbocycles. The number of allylic oxidation sites excluding steroid dienone is 2. The fraction of sp³-hybridized carbons (Fsp3) is 0.529. The molecule has 3 rings (SSSR count). The number of aliphatic hydroxyl groups excluding tert-OH is 1. The molecular weight excluding hydrogens is 296 g/mol. The van der Waals surface area contributed by atoms with Gasteiger partial charge < -0.3 is 19.7 Å². The Morgan fingerprint density at radius 3 is 2.87 bits per heavy atom. The number of pyridine rings is 1. The van der Waals surface area contributed by atoms with E-state index in [1.807, 2.05) is 0 Å². The van der Waals surface area contributed by atoms with Crippen molar-refractivity contribution in [1.29, 1.82) is 0 Å². The van der Waals surface area contributed by atoms with Crippen LogP contribution in [0.5, 0.6) is 5.75 Å². The van der Waals surface area contributed by atoms with E-state index in [2.05, 4.69) is 17.5 Å². The highest BCUT2D eigenvalue weighted by Gasteiger charge is 2.35. The second-order valence-electron chi connectivity index (χ2n) is 6.33. The van der Waals surface area contributed by atoms with Crippen molar-refractivity contribution in [1.82, 2.24) is 9.88 Å². The molecule has 0 unspecified atom stereocenters. The third-order valence-corrected chi connectivity index (χ3v) is 4.86. The number of rotatable bonds is 6. The number of aliphatic hydroxyl groups is 1. The van der Waals surface area contributed by atoms with Gasteiger partial charge in [-0.3, -0.25) is 9.59 Å². The summed E-state index contributed by atoms with van der Waals surface area (Å²) in [4.78, 5) is 23.9. The highest BCUT2D eigenvalue weighted by molar-refractivity contribution is 5.75. The summed E-state index contributed by atoms with van der Waals surface area (Å²) in [5, 5.41) is 12.3. The van der Waals surface area contributed by atoms with Crippen molar-refractivity contribution in [2.75, 3.05) is 13.7 Å². The number of nitrogens with zero attached hydrogens (tertiary/aromatic N) is 1. The van der Waals surface area contributed by atoms with Crippen LogP contribution in [0.1, 0.15) is 18.5 Å². The lowest BCUT2D eigenvalue weighted by molar-refractivity contribution is -0.121. The quantitative estimate of drug-likeness (QED) is 0.756. The summed E-state index contributed by atoms with van der Waals surface area (Å²) < 4.78 is 6.54. The standard InChI is InChI=1S/C17H22N2O4/c1-23-16-8-19(14(10-20)6-15(16)21)9-17(22)18-7-13-5-11-2-3-12(13)4-11/h2-3,6,8,11-13,20H,4-5,7,9-10H2,1H3,(H,18,22)/t11-,12-,13+/m0/s1. The number of hydrogen-bond donors (Lipinski definition) is 2. The van der Waals surface area contributed by atoms with Crippen LogP contribution in [0.2, 0.25) is 0 Å². The van der Waals surface area contributed by atoms with Crippen LogP contribution >= 0.6 is 0 Å². The Labute approximate surface area is 134 Å². The van der Waals surface area contributed by atoms with E-state index < -0.39 is 0 Å². The highest BCUT2D eigenvalue weighted by Crippen LogP contribution is 2.42. The second kappa shape index (κ2) is 6.58. The number of amides is 1. The molecule has 0 spiro atoms. The molecule has 2 N–H and O–H groups in total. The summed E-state index contributed by atoms with van der Waals surface area (Å²) in [6, 6.07) is 1.30. The number of ether oxygens (including phenoxy) is 1. The molecule has 6 heteroatoms. The Balaban J connectivity index is 1.61. The van der Waals surface area contributed by atoms with Gasteiger partial charge in [-0.05, 0) is 30.6 Å². The van der Waals surface area contributed by atoms with Crippen molar-refractivity contribution < 1.29 is 14.6 Å². The Bertz CT molecular complexity index is 680. The van der Waals surface area contributed by atoms with Crippen molar-refractivity contribution in [3.05, 3.63) is 40.3 Å². The Morgan fingerprint density at radius 1 is 1.43 bits per heavy atom. The Morgan fingerprint density at radius 2 is 2.26 bits per heavy atom. The van der Waals surface area contributed by atoms with Crippen LogP contribution in [0.15, 0.2) is 29.2 Å². The summed E-state index contributed by atoms with van der Waals surface area (Å²) in [6.45, 7) is 0.434. The molecule has 0 radical (unpaired) electrons. The highest BCUT2D eigenvalue weighted by atomic mass is 16.5. The molecule has 1 fully saturated rings. The number of nitrogens with one attached hydrogen (secondary N) is 1. The van der Waals surface area contributed by atoms with Gasteiger partial charge in [-0.1, -0.05) is 12.2 Å². The number of hydrogen-bond acceptors (Lipinski definition) is 4. The van der Waals surface area contributed by atoms with Crippen molar-refractivity contribution in [3.8, 4) is 5.75 Å². The molecule has 1 heterocycles. The van der Waals surface area contributed by atoms with Crippen molar-refractivity contribution in [2.24, 2.45) is 17.8 Å². The van der Waals surface area contributed by atoms with Crippen LogP contribution in [-0.4, -0.2) is 29.2 Å². The average molecular weight is 318 g/mol. The maximum absolute atomic E-state index is 12.2. The van der Waals surface area contributed by atoms with Crippen LogP contribution < -0.4 is 15.5 Å². The number of fused-ring (bicyclic) bond motifs is 2. The zero-order chi connectivity index (χ0) is 16.4. The lowest BCUT2D eigenvalue weighted by Gasteiger charge is -2.19. The lowest BCUT2D eigenvalue weighted by atomic mass is 9.94. The first-order chi connectivity index (χ1) is 11.1. The molecule has 1 amide bonds. The topological polar surface area (TPSA) is 80.6 Å². The van der Waals surface area contributed by atoms with Crippen LogP contribution in [0.25, 0.3) is 0 Å². The van der Waals surface area contributed by atoms with Crippen molar-refractivity contribution in [3.63, 3.8) is 0 Å². The van der Waals surface area contributed by atoms with Gasteiger partial charge >= 0.3 is 0 Å². The predicted molar refractivity (Wildman–Crippen MR) is 85.0 cm³/mol. The normalized spacial score (nSPS) is 24.9. The molecular formula is C17H22N2O4. The van der Waals surface area contributed by atoms with Gasteiger partial charge in [0, 0.05) is 18.3 Å². The fourth-order valence-electron chi connectivity index (χ4n) is 3.62. The maximum Gasteiger partial charge on any atom is 0.239 e. The third kappa shape index (κ3) is 3.32. The SMILES string of the molecule is COc1cn(CC(=O)NC[C@H]2C[C@H]3C=C[C@H]2C3)c(CO)cc1=O. The predicted octanol–water partition coefficient (Wildman–Crippen LogP) is 0.678. The first-order valence-electron chi connectivity index (χ1n) is 7.94. The van der Waals surface area contributed by atoms with Gasteiger partial charge in [-0.15, -0.1) is 0 Å². The smallest absolute Gasteiger partial charge is 0.239 e. The van der Waals surface area contributed by atoms with Gasteiger partial charge in [-0.25, -0.2) is 0 Å². The molecule has 0 saturated heterocycles. The Hall–Kier alpha value is -2.08. The van der Waals surface area contributed by atoms with Gasteiger partial charge in [-0.2, -0.15) is 0 Å². The van der Waals surface area contributed by atoms with E-state index in [1.54, 1.807) is 4.57 Å². The zero-order valence-electron chi connectivity index (χ0n) is 13.2. The molecule has 0 aromatic carbocycles. The average Bonchev–Trinajstić information content (AvgIpc) is 3.17. The fourth-order valence-corrected chi connectivity index (χ4v) is 3.62. The van der Waals surface area contributed by atoms with Crippen LogP contribution in [0.3, 0.4) is 0 Å². The number of methoxy groups -OCH3 is 1. The summed E-state index contributed by atoms with van der Waals surface area (Å²) in [6.07, 6.45) is 8.37. The first kappa shape index (κ1) is 15.8. The first-order valence-corrected chi connectivity index (χ1v) is 7.94. The molecule has 1 aromatic heterocycles. The van der Waals surface area contributed by atoms with Crippen LogP contribution in [-0.2, 0) is 17.9 Å². The maximum atomic E-state index is 12.2. The van der Waals surface area contributed by atoms with Gasteiger partial charge in [0.15, 0.2) is 5.75 Å².